The van der Waals surface area contributed by atoms with E-state index in [0.717, 1.165) is 25.7 Å². The second kappa shape index (κ2) is 6.75. The van der Waals surface area contributed by atoms with Crippen LogP contribution in [0.2, 0.25) is 0 Å². The molecule has 3 atom stereocenters. The van der Waals surface area contributed by atoms with E-state index in [1.807, 2.05) is 0 Å². The van der Waals surface area contributed by atoms with Gasteiger partial charge in [0.2, 0.25) is 0 Å². The van der Waals surface area contributed by atoms with Gasteiger partial charge in [-0.15, -0.1) is 0 Å². The van der Waals surface area contributed by atoms with Gasteiger partial charge in [0.1, 0.15) is 12.2 Å². The molecule has 1 aliphatic heterocycles. The molecule has 109 valence electrons. The van der Waals surface area contributed by atoms with Gasteiger partial charge in [0.25, 0.3) is 0 Å². The third-order valence-electron chi connectivity index (χ3n) is 4.26. The molecule has 1 N–H and O–H groups in total. The molecule has 3 rings (SSSR count). The van der Waals surface area contributed by atoms with Crippen LogP contribution in [0.5, 0.6) is 0 Å². The van der Waals surface area contributed by atoms with Crippen LogP contribution >= 0.6 is 0 Å². The molecule has 0 aromatic heterocycles. The van der Waals surface area contributed by atoms with Crippen molar-refractivity contribution in [3.05, 3.63) is 11.6 Å². The Balaban J connectivity index is 0.00000147. The van der Waals surface area contributed by atoms with Crippen molar-refractivity contribution < 1.29 is 68.2 Å². The normalized spacial score (nSPS) is 34.9. The molecule has 5 nitrogen and oxygen atoms in total. The number of carbonyl (C=O) groups is 1. The largest absolute Gasteiger partial charge is 0.466 e. The minimum Gasteiger partial charge on any atom is -0.466 e. The Bertz CT molecular complexity index is 402. The van der Waals surface area contributed by atoms with Gasteiger partial charge < -0.3 is 19.3 Å². The van der Waals surface area contributed by atoms with Gasteiger partial charge >= 0.3 is 5.97 Å². The van der Waals surface area contributed by atoms with Crippen LogP contribution in [0.25, 0.3) is 0 Å². The first-order chi connectivity index (χ1) is 9.13. The zero-order chi connectivity index (χ0) is 13.5. The molecule has 3 unspecified atom stereocenters. The van der Waals surface area contributed by atoms with E-state index in [1.54, 1.807) is 6.08 Å². The van der Waals surface area contributed by atoms with Gasteiger partial charge in [-0.3, -0.25) is 0 Å². The molecule has 2 aliphatic carbocycles. The van der Waals surface area contributed by atoms with Crippen molar-refractivity contribution >= 4 is 5.97 Å². The van der Waals surface area contributed by atoms with E-state index in [-0.39, 0.29) is 62.7 Å². The Labute approximate surface area is 154 Å². The number of hydrogen-bond acceptors (Lipinski definition) is 5. The van der Waals surface area contributed by atoms with Gasteiger partial charge in [0.15, 0.2) is 5.79 Å². The number of rotatable bonds is 1. The Kier molecular flexibility index (Phi) is 5.70. The minimum atomic E-state index is -0.703. The van der Waals surface area contributed by atoms with Crippen molar-refractivity contribution in [2.75, 3.05) is 7.11 Å². The summed E-state index contributed by atoms with van der Waals surface area (Å²) >= 11 is 0. The van der Waals surface area contributed by atoms with Gasteiger partial charge in [0, 0.05) is 68.9 Å². The minimum absolute atomic E-state index is 0. The quantitative estimate of drug-likeness (QED) is 0.556. The van der Waals surface area contributed by atoms with Crippen molar-refractivity contribution in [1.82, 2.24) is 0 Å². The number of carbonyl (C=O) groups excluding carboxylic acids is 1. The standard InChI is InChI=1S/C14H20O5.Ac/c1-17-13(16)9-7-10(15)12-11(8-9)18-14(19-12)5-3-2-4-6-14;/h8,10-12,15H,2-7H2,1H3;. The van der Waals surface area contributed by atoms with Crippen molar-refractivity contribution in [1.29, 1.82) is 0 Å². The average molecular weight is 495 g/mol. The number of ether oxygens (including phenoxy) is 3. The summed E-state index contributed by atoms with van der Waals surface area (Å²) in [5.74, 6) is -0.943. The van der Waals surface area contributed by atoms with Gasteiger partial charge in [-0.1, -0.05) is 6.42 Å². The number of fused-ring (bicyclic) bond motifs is 1. The molecule has 1 saturated heterocycles. The Hall–Kier alpha value is 0.532. The summed E-state index contributed by atoms with van der Waals surface area (Å²) in [7, 11) is 1.34. The number of aliphatic hydroxyl groups excluding tert-OH is 1. The van der Waals surface area contributed by atoms with E-state index in [4.69, 9.17) is 14.2 Å². The number of methoxy groups -OCH3 is 1. The van der Waals surface area contributed by atoms with E-state index in [0.29, 0.717) is 5.57 Å². The third-order valence-corrected chi connectivity index (χ3v) is 4.26. The van der Waals surface area contributed by atoms with Gasteiger partial charge in [-0.25, -0.2) is 4.79 Å². The van der Waals surface area contributed by atoms with Crippen LogP contribution in [0, 0.1) is 44.1 Å². The average Bonchev–Trinajstić information content (AvgIpc) is 2.77. The maximum Gasteiger partial charge on any atom is 0.333 e. The summed E-state index contributed by atoms with van der Waals surface area (Å²) < 4.78 is 16.7. The van der Waals surface area contributed by atoms with Crippen molar-refractivity contribution in [3.8, 4) is 0 Å². The fourth-order valence-electron chi connectivity index (χ4n) is 3.30. The van der Waals surface area contributed by atoms with Crippen molar-refractivity contribution in [3.63, 3.8) is 0 Å². The molecule has 6 heteroatoms. The smallest absolute Gasteiger partial charge is 0.333 e. The van der Waals surface area contributed by atoms with Crippen molar-refractivity contribution in [2.45, 2.75) is 62.6 Å². The number of hydrogen-bond donors (Lipinski definition) is 1. The molecule has 0 aromatic carbocycles. The molecule has 0 bridgehead atoms. The number of aliphatic hydroxyl groups is 1. The predicted octanol–water partition coefficient (Wildman–Crippen LogP) is 1.29. The molecule has 20 heavy (non-hydrogen) atoms. The maximum absolute atomic E-state index is 11.6. The molecule has 3 aliphatic rings. The fraction of sp³-hybridized carbons (Fsp3) is 0.786. The molecule has 1 spiro atoms. The van der Waals surface area contributed by atoms with Gasteiger partial charge in [0.05, 0.1) is 13.2 Å². The van der Waals surface area contributed by atoms with Crippen LogP contribution in [-0.2, 0) is 19.0 Å². The zero-order valence-electron chi connectivity index (χ0n) is 11.7. The molecule has 0 aromatic rings. The summed E-state index contributed by atoms with van der Waals surface area (Å²) in [5, 5.41) is 10.2. The molecule has 2 fully saturated rings. The summed E-state index contributed by atoms with van der Waals surface area (Å²) in [6.45, 7) is 0. The third kappa shape index (κ3) is 3.15. The Morgan fingerprint density at radius 2 is 2.05 bits per heavy atom. The maximum atomic E-state index is 11.6. The fourth-order valence-corrected chi connectivity index (χ4v) is 3.30. The van der Waals surface area contributed by atoms with Crippen LogP contribution in [0.3, 0.4) is 0 Å². The first kappa shape index (κ1) is 16.9. The van der Waals surface area contributed by atoms with E-state index in [9.17, 15) is 9.90 Å². The summed E-state index contributed by atoms with van der Waals surface area (Å²) in [6.07, 6.45) is 5.75. The van der Waals surface area contributed by atoms with Crippen LogP contribution < -0.4 is 0 Å². The van der Waals surface area contributed by atoms with E-state index in [1.165, 1.54) is 13.5 Å². The predicted molar refractivity (Wildman–Crippen MR) is 66.3 cm³/mol. The second-order valence-electron chi connectivity index (χ2n) is 5.59. The molecule has 0 amide bonds. The van der Waals surface area contributed by atoms with E-state index in [2.05, 4.69) is 0 Å². The summed E-state index contributed by atoms with van der Waals surface area (Å²) in [4.78, 5) is 11.6. The molecular weight excluding hydrogens is 475 g/mol. The molecule has 1 radical (unpaired) electrons. The molecular formula is C14H20AcO5. The zero-order valence-corrected chi connectivity index (χ0v) is 16.5. The van der Waals surface area contributed by atoms with E-state index >= 15 is 0 Å². The van der Waals surface area contributed by atoms with Gasteiger partial charge in [-0.05, 0) is 18.9 Å². The van der Waals surface area contributed by atoms with Crippen molar-refractivity contribution in [2.24, 2.45) is 0 Å². The topological polar surface area (TPSA) is 65.0 Å². The van der Waals surface area contributed by atoms with Crippen LogP contribution in [0.15, 0.2) is 11.6 Å². The van der Waals surface area contributed by atoms with Crippen LogP contribution in [0.4, 0.5) is 0 Å². The van der Waals surface area contributed by atoms with E-state index < -0.39 is 17.9 Å². The Morgan fingerprint density at radius 1 is 1.35 bits per heavy atom. The SMILES string of the molecule is COC(=O)C1=CC2OC3(CCCCC3)OC2C(O)C1.[Ac]. The first-order valence-corrected chi connectivity index (χ1v) is 6.96. The summed E-state index contributed by atoms with van der Waals surface area (Å²) in [6, 6.07) is 0. The van der Waals surface area contributed by atoms with Crippen LogP contribution in [0.1, 0.15) is 38.5 Å². The molecule has 1 heterocycles. The van der Waals surface area contributed by atoms with Gasteiger partial charge in [-0.2, -0.15) is 0 Å². The Morgan fingerprint density at radius 3 is 2.70 bits per heavy atom. The summed E-state index contributed by atoms with van der Waals surface area (Å²) in [5.41, 5.74) is 0.479. The monoisotopic (exact) mass is 495 g/mol. The molecule has 1 saturated carbocycles. The van der Waals surface area contributed by atoms with Crippen LogP contribution in [-0.4, -0.2) is 42.3 Å². The number of esters is 1. The first-order valence-electron chi connectivity index (χ1n) is 6.96. The second-order valence-corrected chi connectivity index (χ2v) is 5.59.